The number of sulfonamides is 1. The highest BCUT2D eigenvalue weighted by Gasteiger charge is 2.34. The van der Waals surface area contributed by atoms with Crippen molar-refractivity contribution in [2.75, 3.05) is 20.2 Å². The summed E-state index contributed by atoms with van der Waals surface area (Å²) in [5.41, 5.74) is 1.26. The van der Waals surface area contributed by atoms with Crippen LogP contribution < -0.4 is 10.1 Å². The molecule has 7 heteroatoms. The van der Waals surface area contributed by atoms with Crippen molar-refractivity contribution in [2.24, 2.45) is 11.8 Å². The van der Waals surface area contributed by atoms with Gasteiger partial charge in [0.2, 0.25) is 10.0 Å². The van der Waals surface area contributed by atoms with Crippen LogP contribution in [0.3, 0.4) is 0 Å². The quantitative estimate of drug-likeness (QED) is 0.784. The first-order valence-electron chi connectivity index (χ1n) is 9.81. The van der Waals surface area contributed by atoms with Crippen LogP contribution in [0, 0.1) is 11.8 Å². The van der Waals surface area contributed by atoms with Crippen molar-refractivity contribution in [3.05, 3.63) is 59.7 Å². The molecule has 1 aliphatic heterocycles. The number of piperidine rings is 1. The number of nitrogens with zero attached hydrogens (tertiary/aromatic N) is 1. The second kappa shape index (κ2) is 8.97. The van der Waals surface area contributed by atoms with E-state index >= 15 is 0 Å². The first-order chi connectivity index (χ1) is 13.8. The number of benzene rings is 2. The molecule has 1 heterocycles. The Kier molecular flexibility index (Phi) is 6.59. The number of methoxy groups -OCH3 is 1. The van der Waals surface area contributed by atoms with Crippen molar-refractivity contribution < 1.29 is 17.9 Å². The molecule has 29 heavy (non-hydrogen) atoms. The Morgan fingerprint density at radius 2 is 1.76 bits per heavy atom. The first kappa shape index (κ1) is 21.3. The third-order valence-corrected chi connectivity index (χ3v) is 7.03. The topological polar surface area (TPSA) is 75.7 Å². The summed E-state index contributed by atoms with van der Waals surface area (Å²) < 4.78 is 33.5. The minimum absolute atomic E-state index is 0.0358. The molecule has 1 saturated heterocycles. The summed E-state index contributed by atoms with van der Waals surface area (Å²) in [7, 11) is -2.33. The Hall–Kier alpha value is -2.38. The van der Waals surface area contributed by atoms with E-state index in [2.05, 4.69) is 19.2 Å². The number of hydrogen-bond donors (Lipinski definition) is 1. The highest BCUT2D eigenvalue weighted by Crippen LogP contribution is 2.32. The average Bonchev–Trinajstić information content (AvgIpc) is 2.71. The molecule has 1 N–H and O–H groups in total. The SMILES string of the molecule is COc1ccc(C(=O)NCc2ccccc2)cc1S(=O)(=O)N1CC(C)CC(C)C1. The number of ether oxygens (including phenoxy) is 1. The lowest BCUT2D eigenvalue weighted by Gasteiger charge is -2.34. The van der Waals surface area contributed by atoms with Gasteiger partial charge in [-0.2, -0.15) is 4.31 Å². The van der Waals surface area contributed by atoms with Gasteiger partial charge in [0.25, 0.3) is 5.91 Å². The maximum atomic E-state index is 13.3. The summed E-state index contributed by atoms with van der Waals surface area (Å²) >= 11 is 0. The Morgan fingerprint density at radius 3 is 2.38 bits per heavy atom. The molecule has 2 unspecified atom stereocenters. The van der Waals surface area contributed by atoms with E-state index in [0.717, 1.165) is 12.0 Å². The minimum Gasteiger partial charge on any atom is -0.495 e. The maximum Gasteiger partial charge on any atom is 0.251 e. The van der Waals surface area contributed by atoms with Crippen LogP contribution in [0.2, 0.25) is 0 Å². The normalized spacial score (nSPS) is 20.2. The third kappa shape index (κ3) is 4.97. The molecule has 0 spiro atoms. The summed E-state index contributed by atoms with van der Waals surface area (Å²) in [4.78, 5) is 12.7. The van der Waals surface area contributed by atoms with Crippen LogP contribution in [0.4, 0.5) is 0 Å². The first-order valence-corrected chi connectivity index (χ1v) is 11.3. The van der Waals surface area contributed by atoms with Gasteiger partial charge in [-0.15, -0.1) is 0 Å². The number of carbonyl (C=O) groups is 1. The molecule has 0 aromatic heterocycles. The van der Waals surface area contributed by atoms with Gasteiger partial charge in [-0.1, -0.05) is 44.2 Å². The van der Waals surface area contributed by atoms with Gasteiger partial charge in [-0.3, -0.25) is 4.79 Å². The van der Waals surface area contributed by atoms with Crippen molar-refractivity contribution in [1.82, 2.24) is 9.62 Å². The second-order valence-corrected chi connectivity index (χ2v) is 9.71. The fourth-order valence-corrected chi connectivity index (χ4v) is 5.70. The lowest BCUT2D eigenvalue weighted by atomic mass is 9.94. The van der Waals surface area contributed by atoms with Gasteiger partial charge in [0, 0.05) is 25.2 Å². The highest BCUT2D eigenvalue weighted by molar-refractivity contribution is 7.89. The van der Waals surface area contributed by atoms with E-state index in [4.69, 9.17) is 4.74 Å². The molecular weight excluding hydrogens is 388 g/mol. The predicted octanol–water partition coefficient (Wildman–Crippen LogP) is 3.29. The average molecular weight is 417 g/mol. The fourth-order valence-electron chi connectivity index (χ4n) is 3.84. The van der Waals surface area contributed by atoms with Gasteiger partial charge in [-0.05, 0) is 42.0 Å². The molecule has 1 amide bonds. The van der Waals surface area contributed by atoms with Crippen LogP contribution in [-0.2, 0) is 16.6 Å². The van der Waals surface area contributed by atoms with Crippen molar-refractivity contribution in [1.29, 1.82) is 0 Å². The molecule has 6 nitrogen and oxygen atoms in total. The molecule has 156 valence electrons. The highest BCUT2D eigenvalue weighted by atomic mass is 32.2. The van der Waals surface area contributed by atoms with E-state index in [1.807, 2.05) is 30.3 Å². The number of rotatable bonds is 6. The van der Waals surface area contributed by atoms with Crippen LogP contribution in [-0.4, -0.2) is 38.8 Å². The Labute approximate surface area is 172 Å². The summed E-state index contributed by atoms with van der Waals surface area (Å²) in [5, 5.41) is 2.84. The molecule has 1 aliphatic rings. The molecular formula is C22H28N2O4S. The molecule has 1 fully saturated rings. The number of carbonyl (C=O) groups excluding carboxylic acids is 1. The Bertz CT molecular complexity index is 950. The van der Waals surface area contributed by atoms with Crippen LogP contribution in [0.1, 0.15) is 36.2 Å². The number of nitrogens with one attached hydrogen (secondary N) is 1. The standard InChI is InChI=1S/C22H28N2O4S/c1-16-11-17(2)15-24(14-16)29(26,27)21-12-19(9-10-20(21)28-3)22(25)23-13-18-7-5-4-6-8-18/h4-10,12,16-17H,11,13-15H2,1-3H3,(H,23,25). The Balaban J connectivity index is 1.85. The Morgan fingerprint density at radius 1 is 1.10 bits per heavy atom. The zero-order chi connectivity index (χ0) is 21.0. The summed E-state index contributed by atoms with van der Waals surface area (Å²) in [6, 6.07) is 14.1. The van der Waals surface area contributed by atoms with E-state index in [0.29, 0.717) is 25.2 Å². The van der Waals surface area contributed by atoms with Crippen molar-refractivity contribution >= 4 is 15.9 Å². The number of amides is 1. The van der Waals surface area contributed by atoms with Gasteiger partial charge in [0.05, 0.1) is 7.11 Å². The van der Waals surface area contributed by atoms with Crippen LogP contribution in [0.25, 0.3) is 0 Å². The van der Waals surface area contributed by atoms with Crippen molar-refractivity contribution in [3.63, 3.8) is 0 Å². The monoisotopic (exact) mass is 416 g/mol. The van der Waals surface area contributed by atoms with Crippen molar-refractivity contribution in [3.8, 4) is 5.75 Å². The molecule has 0 aliphatic carbocycles. The molecule has 0 saturated carbocycles. The zero-order valence-electron chi connectivity index (χ0n) is 17.1. The zero-order valence-corrected chi connectivity index (χ0v) is 17.9. The smallest absolute Gasteiger partial charge is 0.251 e. The second-order valence-electron chi connectivity index (χ2n) is 7.80. The summed E-state index contributed by atoms with van der Waals surface area (Å²) in [6.07, 6.45) is 1.01. The van der Waals surface area contributed by atoms with Gasteiger partial charge in [0.15, 0.2) is 0 Å². The predicted molar refractivity (Wildman–Crippen MR) is 112 cm³/mol. The summed E-state index contributed by atoms with van der Waals surface area (Å²) in [6.45, 7) is 5.43. The minimum atomic E-state index is -3.77. The molecule has 2 aromatic rings. The maximum absolute atomic E-state index is 13.3. The van der Waals surface area contributed by atoms with E-state index < -0.39 is 10.0 Å². The molecule has 3 rings (SSSR count). The van der Waals surface area contributed by atoms with Crippen molar-refractivity contribution in [2.45, 2.75) is 31.7 Å². The fraction of sp³-hybridized carbons (Fsp3) is 0.409. The largest absolute Gasteiger partial charge is 0.495 e. The van der Waals surface area contributed by atoms with E-state index in [1.54, 1.807) is 12.1 Å². The lowest BCUT2D eigenvalue weighted by molar-refractivity contribution is 0.0950. The molecule has 2 aromatic carbocycles. The van der Waals surface area contributed by atoms with Gasteiger partial charge in [-0.25, -0.2) is 8.42 Å². The number of hydrogen-bond acceptors (Lipinski definition) is 4. The van der Waals surface area contributed by atoms with Crippen LogP contribution in [0.5, 0.6) is 5.75 Å². The van der Waals surface area contributed by atoms with E-state index in [-0.39, 0.29) is 28.4 Å². The summed E-state index contributed by atoms with van der Waals surface area (Å²) in [5.74, 6) is 0.498. The molecule has 0 bridgehead atoms. The van der Waals surface area contributed by atoms with Crippen LogP contribution >= 0.6 is 0 Å². The molecule has 0 radical (unpaired) electrons. The van der Waals surface area contributed by atoms with Gasteiger partial charge in [0.1, 0.15) is 10.6 Å². The van der Waals surface area contributed by atoms with Gasteiger partial charge >= 0.3 is 0 Å². The lowest BCUT2D eigenvalue weighted by Crippen LogP contribution is -2.42. The van der Waals surface area contributed by atoms with Gasteiger partial charge < -0.3 is 10.1 Å². The van der Waals surface area contributed by atoms with E-state index in [1.165, 1.54) is 17.5 Å². The third-order valence-electron chi connectivity index (χ3n) is 5.17. The van der Waals surface area contributed by atoms with Crippen LogP contribution in [0.15, 0.2) is 53.4 Å². The molecule has 2 atom stereocenters. The van der Waals surface area contributed by atoms with E-state index in [9.17, 15) is 13.2 Å².